The minimum atomic E-state index is -0.837. The molecule has 6 nitrogen and oxygen atoms in total. The number of carbonyl (C=O) groups is 2. The lowest BCUT2D eigenvalue weighted by Gasteiger charge is -2.37. The van der Waals surface area contributed by atoms with Gasteiger partial charge in [-0.1, -0.05) is 17.7 Å². The lowest BCUT2D eigenvalue weighted by molar-refractivity contribution is -0.157. The highest BCUT2D eigenvalue weighted by molar-refractivity contribution is 6.30. The number of hydrogen-bond donors (Lipinski definition) is 2. The second-order valence-corrected chi connectivity index (χ2v) is 6.10. The van der Waals surface area contributed by atoms with Crippen LogP contribution in [0.5, 0.6) is 0 Å². The van der Waals surface area contributed by atoms with Crippen molar-refractivity contribution in [3.63, 3.8) is 0 Å². The summed E-state index contributed by atoms with van der Waals surface area (Å²) in [5.74, 6) is -0.439. The summed E-state index contributed by atoms with van der Waals surface area (Å²) in [4.78, 5) is 26.2. The molecule has 0 unspecified atom stereocenters. The van der Waals surface area contributed by atoms with Gasteiger partial charge in [0.25, 0.3) is 5.91 Å². The normalized spacial score (nSPS) is 16.0. The Kier molecular flexibility index (Phi) is 7.96. The highest BCUT2D eigenvalue weighted by Crippen LogP contribution is 2.24. The van der Waals surface area contributed by atoms with Crippen molar-refractivity contribution in [3.8, 4) is 0 Å². The van der Waals surface area contributed by atoms with E-state index in [1.165, 1.54) is 4.90 Å². The van der Waals surface area contributed by atoms with Crippen LogP contribution in [-0.4, -0.2) is 56.1 Å². The molecule has 1 aliphatic heterocycles. The molecule has 0 bridgehead atoms. The molecule has 0 aliphatic carbocycles. The number of nitrogens with zero attached hydrogens (tertiary/aromatic N) is 1. The van der Waals surface area contributed by atoms with Crippen molar-refractivity contribution in [2.75, 3.05) is 39.1 Å². The van der Waals surface area contributed by atoms with Gasteiger partial charge in [-0.2, -0.15) is 0 Å². The molecule has 2 amide bonds. The van der Waals surface area contributed by atoms with Gasteiger partial charge < -0.3 is 20.3 Å². The number of methoxy groups -OCH3 is 1. The molecule has 0 spiro atoms. The van der Waals surface area contributed by atoms with E-state index in [9.17, 15) is 9.59 Å². The molecule has 1 aromatic rings. The third-order valence-corrected chi connectivity index (χ3v) is 4.26. The fraction of sp³-hybridized carbons (Fsp3) is 0.500. The first-order valence-electron chi connectivity index (χ1n) is 7.54. The van der Waals surface area contributed by atoms with Gasteiger partial charge in [0.2, 0.25) is 5.91 Å². The molecule has 8 heteroatoms. The van der Waals surface area contributed by atoms with Crippen molar-refractivity contribution < 1.29 is 14.3 Å². The Labute approximate surface area is 153 Å². The van der Waals surface area contributed by atoms with E-state index in [4.69, 9.17) is 16.3 Å². The zero-order valence-corrected chi connectivity index (χ0v) is 15.4. The SMILES string of the molecule is COC1(C(=O)N(C)CC(=O)Nc2cccc(Cl)c2)CCNCC1.Cl. The molecule has 1 heterocycles. The molecule has 0 aromatic heterocycles. The van der Waals surface area contributed by atoms with Gasteiger partial charge in [-0.25, -0.2) is 0 Å². The maximum Gasteiger partial charge on any atom is 0.255 e. The molecule has 24 heavy (non-hydrogen) atoms. The van der Waals surface area contributed by atoms with Gasteiger partial charge in [-0.3, -0.25) is 9.59 Å². The van der Waals surface area contributed by atoms with Gasteiger partial charge in [-0.05, 0) is 44.1 Å². The molecular formula is C16H23Cl2N3O3. The number of likely N-dealkylation sites (N-methyl/N-ethyl adjacent to an activating group) is 1. The van der Waals surface area contributed by atoms with Gasteiger partial charge in [-0.15, -0.1) is 12.4 Å². The predicted octanol–water partition coefficient (Wildman–Crippen LogP) is 1.93. The Bertz CT molecular complexity index is 577. The number of rotatable bonds is 5. The summed E-state index contributed by atoms with van der Waals surface area (Å²) in [5.41, 5.74) is -0.234. The molecule has 1 fully saturated rings. The van der Waals surface area contributed by atoms with E-state index in [2.05, 4.69) is 10.6 Å². The monoisotopic (exact) mass is 375 g/mol. The maximum absolute atomic E-state index is 12.7. The summed E-state index contributed by atoms with van der Waals surface area (Å²) in [6.07, 6.45) is 1.20. The molecular weight excluding hydrogens is 353 g/mol. The molecule has 1 aliphatic rings. The van der Waals surface area contributed by atoms with E-state index in [0.717, 1.165) is 13.1 Å². The van der Waals surface area contributed by atoms with Crippen LogP contribution in [0.15, 0.2) is 24.3 Å². The summed E-state index contributed by atoms with van der Waals surface area (Å²) in [7, 11) is 3.16. The van der Waals surface area contributed by atoms with E-state index in [1.54, 1.807) is 38.4 Å². The molecule has 2 rings (SSSR count). The van der Waals surface area contributed by atoms with Crippen molar-refractivity contribution >= 4 is 41.5 Å². The topological polar surface area (TPSA) is 70.7 Å². The van der Waals surface area contributed by atoms with E-state index in [0.29, 0.717) is 23.6 Å². The predicted molar refractivity (Wildman–Crippen MR) is 96.8 cm³/mol. The van der Waals surface area contributed by atoms with Crippen LogP contribution in [0.3, 0.4) is 0 Å². The smallest absolute Gasteiger partial charge is 0.255 e. The summed E-state index contributed by atoms with van der Waals surface area (Å²) >= 11 is 5.88. The average molecular weight is 376 g/mol. The number of benzene rings is 1. The van der Waals surface area contributed by atoms with Gasteiger partial charge in [0.1, 0.15) is 5.60 Å². The molecule has 0 radical (unpaired) electrons. The molecule has 2 N–H and O–H groups in total. The van der Waals surface area contributed by atoms with Crippen LogP contribution in [-0.2, 0) is 14.3 Å². The number of halogens is 2. The zero-order chi connectivity index (χ0) is 16.9. The first-order chi connectivity index (χ1) is 11.0. The van der Waals surface area contributed by atoms with Crippen LogP contribution < -0.4 is 10.6 Å². The third-order valence-electron chi connectivity index (χ3n) is 4.03. The largest absolute Gasteiger partial charge is 0.368 e. The minimum Gasteiger partial charge on any atom is -0.368 e. The van der Waals surface area contributed by atoms with E-state index < -0.39 is 5.60 Å². The molecule has 1 aromatic carbocycles. The fourth-order valence-corrected chi connectivity index (χ4v) is 2.93. The van der Waals surface area contributed by atoms with Crippen LogP contribution in [0.2, 0.25) is 5.02 Å². The maximum atomic E-state index is 12.7. The summed E-state index contributed by atoms with van der Waals surface area (Å²) in [6.45, 7) is 1.41. The second kappa shape index (κ2) is 9.22. The summed E-state index contributed by atoms with van der Waals surface area (Å²) in [5, 5.41) is 6.48. The van der Waals surface area contributed by atoms with E-state index in [-0.39, 0.29) is 30.8 Å². The molecule has 0 saturated carbocycles. The van der Waals surface area contributed by atoms with Crippen molar-refractivity contribution in [2.24, 2.45) is 0 Å². The quantitative estimate of drug-likeness (QED) is 0.824. The Morgan fingerprint density at radius 1 is 1.38 bits per heavy atom. The highest BCUT2D eigenvalue weighted by Gasteiger charge is 2.41. The average Bonchev–Trinajstić information content (AvgIpc) is 2.54. The van der Waals surface area contributed by atoms with Crippen molar-refractivity contribution in [3.05, 3.63) is 29.3 Å². The number of nitrogens with one attached hydrogen (secondary N) is 2. The third kappa shape index (κ3) is 5.08. The van der Waals surface area contributed by atoms with Gasteiger partial charge >= 0.3 is 0 Å². The van der Waals surface area contributed by atoms with Crippen LogP contribution in [0.1, 0.15) is 12.8 Å². The summed E-state index contributed by atoms with van der Waals surface area (Å²) in [6, 6.07) is 6.88. The number of piperidine rings is 1. The Balaban J connectivity index is 0.00000288. The van der Waals surface area contributed by atoms with Gasteiger partial charge in [0.05, 0.1) is 6.54 Å². The lowest BCUT2D eigenvalue weighted by atomic mass is 9.90. The molecule has 1 saturated heterocycles. The number of amides is 2. The van der Waals surface area contributed by atoms with E-state index in [1.807, 2.05) is 0 Å². The van der Waals surface area contributed by atoms with Crippen LogP contribution in [0, 0.1) is 0 Å². The Morgan fingerprint density at radius 2 is 2.04 bits per heavy atom. The second-order valence-electron chi connectivity index (χ2n) is 5.67. The number of anilines is 1. The Hall–Kier alpha value is -1.34. The molecule has 134 valence electrons. The lowest BCUT2D eigenvalue weighted by Crippen LogP contribution is -2.55. The van der Waals surface area contributed by atoms with Crippen LogP contribution >= 0.6 is 24.0 Å². The van der Waals surface area contributed by atoms with Crippen LogP contribution in [0.4, 0.5) is 5.69 Å². The van der Waals surface area contributed by atoms with Crippen molar-refractivity contribution in [1.29, 1.82) is 0 Å². The molecule has 0 atom stereocenters. The van der Waals surface area contributed by atoms with Crippen LogP contribution in [0.25, 0.3) is 0 Å². The standard InChI is InChI=1S/C16H22ClN3O3.ClH/c1-20(15(22)16(23-2)6-8-18-9-7-16)11-14(21)19-13-5-3-4-12(17)10-13;/h3-5,10,18H,6-9,11H2,1-2H3,(H,19,21);1H. The highest BCUT2D eigenvalue weighted by atomic mass is 35.5. The minimum absolute atomic E-state index is 0. The number of hydrogen-bond acceptors (Lipinski definition) is 4. The number of carbonyl (C=O) groups excluding carboxylic acids is 2. The summed E-state index contributed by atoms with van der Waals surface area (Å²) < 4.78 is 5.50. The zero-order valence-electron chi connectivity index (χ0n) is 13.8. The van der Waals surface area contributed by atoms with E-state index >= 15 is 0 Å². The van der Waals surface area contributed by atoms with Crippen molar-refractivity contribution in [1.82, 2.24) is 10.2 Å². The Morgan fingerprint density at radius 3 is 2.62 bits per heavy atom. The first-order valence-corrected chi connectivity index (χ1v) is 7.91. The van der Waals surface area contributed by atoms with Gasteiger partial charge in [0.15, 0.2) is 0 Å². The fourth-order valence-electron chi connectivity index (χ4n) is 2.74. The van der Waals surface area contributed by atoms with Gasteiger partial charge in [0, 0.05) is 24.9 Å². The van der Waals surface area contributed by atoms with Crippen molar-refractivity contribution in [2.45, 2.75) is 18.4 Å². The number of ether oxygens (including phenoxy) is 1. The first kappa shape index (κ1) is 20.7.